The summed E-state index contributed by atoms with van der Waals surface area (Å²) in [6.45, 7) is 0.0741. The lowest BCUT2D eigenvalue weighted by atomic mass is 10.2. The third kappa shape index (κ3) is 5.53. The Balaban J connectivity index is 1.44. The Kier molecular flexibility index (Phi) is 5.65. The first-order valence-corrected chi connectivity index (χ1v) is 8.55. The summed E-state index contributed by atoms with van der Waals surface area (Å²) in [6, 6.07) is 12.8. The van der Waals surface area contributed by atoms with Crippen LogP contribution in [0.25, 0.3) is 0 Å². The van der Waals surface area contributed by atoms with Crippen LogP contribution in [-0.4, -0.2) is 23.3 Å². The fraction of sp³-hybridized carbons (Fsp3) is 0.263. The average Bonchev–Trinajstić information content (AvgIpc) is 3.50. The maximum Gasteiger partial charge on any atom is 0.269 e. The van der Waals surface area contributed by atoms with Gasteiger partial charge >= 0.3 is 0 Å². The van der Waals surface area contributed by atoms with Gasteiger partial charge in [0.15, 0.2) is 6.61 Å². The molecule has 0 spiro atoms. The Hall–Kier alpha value is -3.42. The van der Waals surface area contributed by atoms with Crippen molar-refractivity contribution in [1.82, 2.24) is 5.32 Å². The highest BCUT2D eigenvalue weighted by atomic mass is 16.6. The normalized spacial score (nSPS) is 12.9. The standard InChI is InChI=1S/C19H19N3O5/c23-18(20-11-13-4-8-16(9-5-13)22(25)26)12-27-17-3-1-2-15(10-17)21-19(24)14-6-7-14/h1-5,8-10,14H,6-7,11-12H2,(H,20,23)(H,21,24). The van der Waals surface area contributed by atoms with Crippen molar-refractivity contribution in [3.8, 4) is 5.75 Å². The van der Waals surface area contributed by atoms with Gasteiger partial charge in [-0.15, -0.1) is 0 Å². The number of benzene rings is 2. The van der Waals surface area contributed by atoms with Crippen molar-refractivity contribution in [1.29, 1.82) is 0 Å². The number of carbonyl (C=O) groups excluding carboxylic acids is 2. The van der Waals surface area contributed by atoms with Crippen LogP contribution >= 0.6 is 0 Å². The minimum Gasteiger partial charge on any atom is -0.484 e. The fourth-order valence-corrected chi connectivity index (χ4v) is 2.39. The predicted octanol–water partition coefficient (Wildman–Crippen LogP) is 2.64. The van der Waals surface area contributed by atoms with E-state index in [-0.39, 0.29) is 36.6 Å². The van der Waals surface area contributed by atoms with Crippen molar-refractivity contribution >= 4 is 23.2 Å². The van der Waals surface area contributed by atoms with Crippen LogP contribution in [0.3, 0.4) is 0 Å². The van der Waals surface area contributed by atoms with Gasteiger partial charge in [-0.3, -0.25) is 19.7 Å². The van der Waals surface area contributed by atoms with Crippen molar-refractivity contribution < 1.29 is 19.2 Å². The molecule has 0 bridgehead atoms. The molecule has 1 aliphatic carbocycles. The van der Waals surface area contributed by atoms with Crippen molar-refractivity contribution in [3.05, 3.63) is 64.2 Å². The average molecular weight is 369 g/mol. The summed E-state index contributed by atoms with van der Waals surface area (Å²) in [5, 5.41) is 16.1. The molecule has 0 aromatic heterocycles. The molecule has 0 aliphatic heterocycles. The Morgan fingerprint density at radius 1 is 1.15 bits per heavy atom. The van der Waals surface area contributed by atoms with E-state index in [2.05, 4.69) is 10.6 Å². The second kappa shape index (κ2) is 8.31. The smallest absolute Gasteiger partial charge is 0.269 e. The molecule has 2 aromatic rings. The highest BCUT2D eigenvalue weighted by Crippen LogP contribution is 2.30. The number of rotatable bonds is 8. The van der Waals surface area contributed by atoms with Crippen LogP contribution in [0.15, 0.2) is 48.5 Å². The zero-order valence-electron chi connectivity index (χ0n) is 14.5. The molecule has 0 unspecified atom stereocenters. The van der Waals surface area contributed by atoms with Crippen molar-refractivity contribution in [2.24, 2.45) is 5.92 Å². The topological polar surface area (TPSA) is 111 Å². The number of carbonyl (C=O) groups is 2. The van der Waals surface area contributed by atoms with Crippen LogP contribution in [0.2, 0.25) is 0 Å². The molecule has 2 N–H and O–H groups in total. The van der Waals surface area contributed by atoms with E-state index in [0.717, 1.165) is 18.4 Å². The first-order valence-electron chi connectivity index (χ1n) is 8.55. The summed E-state index contributed by atoms with van der Waals surface area (Å²) in [5.74, 6) is 0.280. The first-order chi connectivity index (χ1) is 13.0. The molecule has 0 radical (unpaired) electrons. The third-order valence-electron chi connectivity index (χ3n) is 4.06. The maximum atomic E-state index is 11.9. The summed E-state index contributed by atoms with van der Waals surface area (Å²) in [6.07, 6.45) is 1.86. The Labute approximate surface area is 155 Å². The summed E-state index contributed by atoms with van der Waals surface area (Å²) >= 11 is 0. The van der Waals surface area contributed by atoms with Gasteiger partial charge in [-0.05, 0) is 30.5 Å². The van der Waals surface area contributed by atoms with E-state index >= 15 is 0 Å². The lowest BCUT2D eigenvalue weighted by Gasteiger charge is -2.09. The highest BCUT2D eigenvalue weighted by Gasteiger charge is 2.29. The van der Waals surface area contributed by atoms with Crippen molar-refractivity contribution in [2.45, 2.75) is 19.4 Å². The molecule has 0 saturated heterocycles. The van der Waals surface area contributed by atoms with E-state index in [1.807, 2.05) is 0 Å². The van der Waals surface area contributed by atoms with E-state index < -0.39 is 4.92 Å². The minimum atomic E-state index is -0.475. The van der Waals surface area contributed by atoms with Gasteiger partial charge in [-0.2, -0.15) is 0 Å². The quantitative estimate of drug-likeness (QED) is 0.549. The number of nitrogens with zero attached hydrogens (tertiary/aromatic N) is 1. The number of nitro benzene ring substituents is 1. The summed E-state index contributed by atoms with van der Waals surface area (Å²) in [7, 11) is 0. The summed E-state index contributed by atoms with van der Waals surface area (Å²) < 4.78 is 5.45. The molecule has 8 heteroatoms. The van der Waals surface area contributed by atoms with Crippen LogP contribution in [0.4, 0.5) is 11.4 Å². The Morgan fingerprint density at radius 3 is 2.56 bits per heavy atom. The van der Waals surface area contributed by atoms with Gasteiger partial charge < -0.3 is 15.4 Å². The van der Waals surface area contributed by atoms with E-state index in [9.17, 15) is 19.7 Å². The first kappa shape index (κ1) is 18.4. The molecule has 1 fully saturated rings. The van der Waals surface area contributed by atoms with Crippen LogP contribution in [0.5, 0.6) is 5.75 Å². The minimum absolute atomic E-state index is 0.00192. The number of anilines is 1. The monoisotopic (exact) mass is 369 g/mol. The van der Waals surface area contributed by atoms with Gasteiger partial charge in [0.25, 0.3) is 11.6 Å². The van der Waals surface area contributed by atoms with Crippen molar-refractivity contribution in [2.75, 3.05) is 11.9 Å². The molecule has 27 heavy (non-hydrogen) atoms. The fourth-order valence-electron chi connectivity index (χ4n) is 2.39. The molecule has 2 aromatic carbocycles. The Morgan fingerprint density at radius 2 is 1.89 bits per heavy atom. The molecule has 3 rings (SSSR count). The molecular weight excluding hydrogens is 350 g/mol. The van der Waals surface area contributed by atoms with Gasteiger partial charge in [0.2, 0.25) is 5.91 Å². The number of nitro groups is 1. The second-order valence-electron chi connectivity index (χ2n) is 6.28. The maximum absolute atomic E-state index is 11.9. The van der Waals surface area contributed by atoms with Crippen LogP contribution in [0, 0.1) is 16.0 Å². The molecule has 1 aliphatic rings. The second-order valence-corrected chi connectivity index (χ2v) is 6.28. The number of non-ortho nitro benzene ring substituents is 1. The Bertz CT molecular complexity index is 847. The molecule has 140 valence electrons. The molecule has 8 nitrogen and oxygen atoms in total. The van der Waals surface area contributed by atoms with E-state index in [1.54, 1.807) is 36.4 Å². The number of nitrogens with one attached hydrogen (secondary N) is 2. The van der Waals surface area contributed by atoms with Gasteiger partial charge in [-0.25, -0.2) is 0 Å². The predicted molar refractivity (Wildman–Crippen MR) is 98.2 cm³/mol. The lowest BCUT2D eigenvalue weighted by molar-refractivity contribution is -0.384. The van der Waals surface area contributed by atoms with E-state index in [1.165, 1.54) is 12.1 Å². The third-order valence-corrected chi connectivity index (χ3v) is 4.06. The summed E-state index contributed by atoms with van der Waals surface area (Å²) in [5.41, 5.74) is 1.39. The van der Waals surface area contributed by atoms with Gasteiger partial charge in [0.05, 0.1) is 4.92 Å². The number of ether oxygens (including phenoxy) is 1. The molecular formula is C19H19N3O5. The van der Waals surface area contributed by atoms with Gasteiger partial charge in [-0.1, -0.05) is 18.2 Å². The molecule has 1 saturated carbocycles. The molecule has 0 heterocycles. The molecule has 2 amide bonds. The highest BCUT2D eigenvalue weighted by molar-refractivity contribution is 5.94. The van der Waals surface area contributed by atoms with Crippen molar-refractivity contribution in [3.63, 3.8) is 0 Å². The van der Waals surface area contributed by atoms with E-state index in [0.29, 0.717) is 11.4 Å². The van der Waals surface area contributed by atoms with Crippen LogP contribution in [0.1, 0.15) is 18.4 Å². The molecule has 0 atom stereocenters. The van der Waals surface area contributed by atoms with Crippen LogP contribution in [-0.2, 0) is 16.1 Å². The lowest BCUT2D eigenvalue weighted by Crippen LogP contribution is -2.28. The zero-order valence-corrected chi connectivity index (χ0v) is 14.5. The number of hydrogen-bond acceptors (Lipinski definition) is 5. The number of amides is 2. The van der Waals surface area contributed by atoms with Gasteiger partial charge in [0.1, 0.15) is 5.75 Å². The summed E-state index contributed by atoms with van der Waals surface area (Å²) in [4.78, 5) is 33.8. The number of hydrogen-bond donors (Lipinski definition) is 2. The van der Waals surface area contributed by atoms with Crippen LogP contribution < -0.4 is 15.4 Å². The van der Waals surface area contributed by atoms with E-state index in [4.69, 9.17) is 4.74 Å². The van der Waals surface area contributed by atoms with Gasteiger partial charge in [0, 0.05) is 36.3 Å². The largest absolute Gasteiger partial charge is 0.484 e. The SMILES string of the molecule is O=C(COc1cccc(NC(=O)C2CC2)c1)NCc1ccc([N+](=O)[O-])cc1. The zero-order chi connectivity index (χ0) is 19.2.